The zero-order chi connectivity index (χ0) is 16.7. The van der Waals surface area contributed by atoms with Crippen LogP contribution in [0.2, 0.25) is 0 Å². The van der Waals surface area contributed by atoms with Crippen molar-refractivity contribution in [2.45, 2.75) is 26.7 Å². The summed E-state index contributed by atoms with van der Waals surface area (Å²) in [5, 5.41) is 2.86. The van der Waals surface area contributed by atoms with Crippen LogP contribution in [-0.4, -0.2) is 12.5 Å². The topological polar surface area (TPSA) is 38.3 Å². The van der Waals surface area contributed by atoms with Crippen molar-refractivity contribution in [3.8, 4) is 5.75 Å². The predicted molar refractivity (Wildman–Crippen MR) is 95.8 cm³/mol. The summed E-state index contributed by atoms with van der Waals surface area (Å²) in [6.07, 6.45) is 3.29. The van der Waals surface area contributed by atoms with Crippen LogP contribution in [0.4, 0.5) is 5.69 Å². The maximum Gasteiger partial charge on any atom is 0.248 e. The van der Waals surface area contributed by atoms with Crippen LogP contribution in [0, 0.1) is 0 Å². The van der Waals surface area contributed by atoms with Gasteiger partial charge in [0.05, 0.1) is 6.61 Å². The number of hydrogen-bond acceptors (Lipinski definition) is 2. The molecule has 0 aromatic heterocycles. The molecule has 0 aliphatic carbocycles. The standard InChI is InChI=1S/C20H23NO2/c1-4-23-19-8-6-5-7-17(19)11-14-20(22)21-18-12-9-16(10-13-18)15(2)3/h5-15H,4H2,1-3H3,(H,21,22)/b14-11+. The second-order valence-corrected chi connectivity index (χ2v) is 5.57. The molecule has 2 aromatic carbocycles. The van der Waals surface area contributed by atoms with Gasteiger partial charge in [0.15, 0.2) is 0 Å². The van der Waals surface area contributed by atoms with E-state index in [1.54, 1.807) is 6.08 Å². The van der Waals surface area contributed by atoms with Crippen LogP contribution in [-0.2, 0) is 4.79 Å². The number of rotatable bonds is 6. The molecule has 2 rings (SSSR count). The van der Waals surface area contributed by atoms with Crippen LogP contribution in [0.5, 0.6) is 5.75 Å². The monoisotopic (exact) mass is 309 g/mol. The SMILES string of the molecule is CCOc1ccccc1/C=C/C(=O)Nc1ccc(C(C)C)cc1. The average Bonchev–Trinajstić information content (AvgIpc) is 2.55. The zero-order valence-electron chi connectivity index (χ0n) is 13.9. The fourth-order valence-electron chi connectivity index (χ4n) is 2.21. The van der Waals surface area contributed by atoms with Crippen molar-refractivity contribution >= 4 is 17.7 Å². The molecule has 0 atom stereocenters. The van der Waals surface area contributed by atoms with Crippen LogP contribution < -0.4 is 10.1 Å². The number of carbonyl (C=O) groups excluding carboxylic acids is 1. The van der Waals surface area contributed by atoms with Crippen LogP contribution in [0.3, 0.4) is 0 Å². The summed E-state index contributed by atoms with van der Waals surface area (Å²) in [5.41, 5.74) is 2.94. The second-order valence-electron chi connectivity index (χ2n) is 5.57. The Morgan fingerprint density at radius 3 is 2.48 bits per heavy atom. The normalized spacial score (nSPS) is 11.0. The van der Waals surface area contributed by atoms with E-state index in [4.69, 9.17) is 4.74 Å². The molecule has 1 N–H and O–H groups in total. The van der Waals surface area contributed by atoms with Gasteiger partial charge in [-0.3, -0.25) is 4.79 Å². The summed E-state index contributed by atoms with van der Waals surface area (Å²) in [4.78, 5) is 12.0. The van der Waals surface area contributed by atoms with E-state index in [9.17, 15) is 4.79 Å². The van der Waals surface area contributed by atoms with Gasteiger partial charge in [-0.05, 0) is 42.7 Å². The van der Waals surface area contributed by atoms with Gasteiger partial charge in [-0.1, -0.05) is 44.2 Å². The third-order valence-electron chi connectivity index (χ3n) is 3.48. The van der Waals surface area contributed by atoms with Crippen LogP contribution in [0.15, 0.2) is 54.6 Å². The van der Waals surface area contributed by atoms with Gasteiger partial charge in [0.25, 0.3) is 0 Å². The minimum atomic E-state index is -0.159. The predicted octanol–water partition coefficient (Wildman–Crippen LogP) is 4.86. The van der Waals surface area contributed by atoms with E-state index in [1.807, 2.05) is 55.5 Å². The van der Waals surface area contributed by atoms with Gasteiger partial charge in [-0.15, -0.1) is 0 Å². The zero-order valence-corrected chi connectivity index (χ0v) is 13.9. The van der Waals surface area contributed by atoms with E-state index in [2.05, 4.69) is 19.2 Å². The molecular formula is C20H23NO2. The minimum absolute atomic E-state index is 0.159. The van der Waals surface area contributed by atoms with Crippen molar-refractivity contribution in [3.63, 3.8) is 0 Å². The first kappa shape index (κ1) is 16.8. The van der Waals surface area contributed by atoms with E-state index >= 15 is 0 Å². The molecule has 120 valence electrons. The molecule has 0 bridgehead atoms. The lowest BCUT2D eigenvalue weighted by atomic mass is 10.0. The summed E-state index contributed by atoms with van der Waals surface area (Å²) in [7, 11) is 0. The van der Waals surface area contributed by atoms with Gasteiger partial charge in [-0.2, -0.15) is 0 Å². The first-order valence-corrected chi connectivity index (χ1v) is 7.91. The highest BCUT2D eigenvalue weighted by molar-refractivity contribution is 6.02. The van der Waals surface area contributed by atoms with Gasteiger partial charge in [0.1, 0.15) is 5.75 Å². The maximum absolute atomic E-state index is 12.0. The molecule has 23 heavy (non-hydrogen) atoms. The second kappa shape index (κ2) is 8.18. The smallest absolute Gasteiger partial charge is 0.248 e. The van der Waals surface area contributed by atoms with E-state index in [1.165, 1.54) is 11.6 Å². The highest BCUT2D eigenvalue weighted by Gasteiger charge is 2.02. The van der Waals surface area contributed by atoms with Gasteiger partial charge in [0, 0.05) is 17.3 Å². The summed E-state index contributed by atoms with van der Waals surface area (Å²) in [5.74, 6) is 1.10. The molecule has 0 unspecified atom stereocenters. The molecule has 0 aliphatic rings. The summed E-state index contributed by atoms with van der Waals surface area (Å²) >= 11 is 0. The molecule has 3 nitrogen and oxygen atoms in total. The van der Waals surface area contributed by atoms with Crippen molar-refractivity contribution in [2.75, 3.05) is 11.9 Å². The Kier molecular flexibility index (Phi) is 5.98. The Morgan fingerprint density at radius 1 is 1.13 bits per heavy atom. The Labute approximate surface area is 138 Å². The average molecular weight is 309 g/mol. The molecule has 0 saturated carbocycles. The number of amides is 1. The van der Waals surface area contributed by atoms with Crippen molar-refractivity contribution in [1.82, 2.24) is 0 Å². The molecular weight excluding hydrogens is 286 g/mol. The number of ether oxygens (including phenoxy) is 1. The largest absolute Gasteiger partial charge is 0.493 e. The molecule has 0 spiro atoms. The molecule has 0 heterocycles. The van der Waals surface area contributed by atoms with E-state index in [0.29, 0.717) is 12.5 Å². The summed E-state index contributed by atoms with van der Waals surface area (Å²) < 4.78 is 5.54. The number of anilines is 1. The van der Waals surface area contributed by atoms with Gasteiger partial charge in [0.2, 0.25) is 5.91 Å². The maximum atomic E-state index is 12.0. The number of carbonyl (C=O) groups is 1. The lowest BCUT2D eigenvalue weighted by Gasteiger charge is -2.08. The first-order valence-electron chi connectivity index (χ1n) is 7.91. The molecule has 0 fully saturated rings. The van der Waals surface area contributed by atoms with Crippen molar-refractivity contribution in [2.24, 2.45) is 0 Å². The third-order valence-corrected chi connectivity index (χ3v) is 3.48. The number of nitrogens with one attached hydrogen (secondary N) is 1. The van der Waals surface area contributed by atoms with Crippen LogP contribution in [0.1, 0.15) is 37.8 Å². The minimum Gasteiger partial charge on any atom is -0.493 e. The van der Waals surface area contributed by atoms with E-state index in [0.717, 1.165) is 17.0 Å². The molecule has 0 aliphatic heterocycles. The highest BCUT2D eigenvalue weighted by atomic mass is 16.5. The van der Waals surface area contributed by atoms with Crippen LogP contribution >= 0.6 is 0 Å². The Bertz CT molecular complexity index is 672. The Hall–Kier alpha value is -2.55. The lowest BCUT2D eigenvalue weighted by molar-refractivity contribution is -0.111. The number of benzene rings is 2. The third kappa shape index (κ3) is 4.99. The van der Waals surface area contributed by atoms with Gasteiger partial charge in [-0.25, -0.2) is 0 Å². The van der Waals surface area contributed by atoms with Crippen molar-refractivity contribution in [3.05, 3.63) is 65.7 Å². The molecule has 0 saturated heterocycles. The Morgan fingerprint density at radius 2 is 1.83 bits per heavy atom. The van der Waals surface area contributed by atoms with Crippen molar-refractivity contribution in [1.29, 1.82) is 0 Å². The quantitative estimate of drug-likeness (QED) is 0.774. The molecule has 3 heteroatoms. The molecule has 1 amide bonds. The highest BCUT2D eigenvalue weighted by Crippen LogP contribution is 2.20. The fourth-order valence-corrected chi connectivity index (χ4v) is 2.21. The molecule has 2 aromatic rings. The lowest BCUT2D eigenvalue weighted by Crippen LogP contribution is -2.07. The van der Waals surface area contributed by atoms with E-state index in [-0.39, 0.29) is 5.91 Å². The van der Waals surface area contributed by atoms with Gasteiger partial charge < -0.3 is 10.1 Å². The number of para-hydroxylation sites is 1. The van der Waals surface area contributed by atoms with Gasteiger partial charge >= 0.3 is 0 Å². The van der Waals surface area contributed by atoms with E-state index < -0.39 is 0 Å². The fraction of sp³-hybridized carbons (Fsp3) is 0.250. The first-order chi connectivity index (χ1) is 11.1. The van der Waals surface area contributed by atoms with Crippen molar-refractivity contribution < 1.29 is 9.53 Å². The summed E-state index contributed by atoms with van der Waals surface area (Å²) in [6, 6.07) is 15.6. The number of hydrogen-bond donors (Lipinski definition) is 1. The molecule has 0 radical (unpaired) electrons. The Balaban J connectivity index is 2.01. The van der Waals surface area contributed by atoms with Crippen LogP contribution in [0.25, 0.3) is 6.08 Å². The summed E-state index contributed by atoms with van der Waals surface area (Å²) in [6.45, 7) is 6.82.